The van der Waals surface area contributed by atoms with Crippen molar-refractivity contribution in [3.05, 3.63) is 37.5 Å². The van der Waals surface area contributed by atoms with E-state index >= 15 is 0 Å². The van der Waals surface area contributed by atoms with Crippen molar-refractivity contribution >= 4 is 11.8 Å². The fraction of sp³-hybridized carbons (Fsp3) is 0.500. The van der Waals surface area contributed by atoms with E-state index in [1.165, 1.54) is 6.08 Å². The molecule has 20 heavy (non-hydrogen) atoms. The van der Waals surface area contributed by atoms with Crippen molar-refractivity contribution in [2.45, 2.75) is 25.7 Å². The molecule has 0 aromatic carbocycles. The third-order valence-corrected chi connectivity index (χ3v) is 3.70. The van der Waals surface area contributed by atoms with Crippen LogP contribution in [0.4, 0.5) is 0 Å². The molecule has 1 fully saturated rings. The van der Waals surface area contributed by atoms with Gasteiger partial charge in [0.05, 0.1) is 0 Å². The van der Waals surface area contributed by atoms with Gasteiger partial charge < -0.3 is 10.6 Å². The van der Waals surface area contributed by atoms with E-state index in [-0.39, 0.29) is 17.7 Å². The minimum Gasteiger partial charge on any atom is -0.369 e. The lowest BCUT2D eigenvalue weighted by atomic mass is 9.81. The Bertz CT molecular complexity index is 401. The van der Waals surface area contributed by atoms with Crippen LogP contribution in [0, 0.1) is 11.8 Å². The van der Waals surface area contributed by atoms with E-state index in [2.05, 4.69) is 13.2 Å². The van der Waals surface area contributed by atoms with Gasteiger partial charge in [0.15, 0.2) is 0 Å². The third kappa shape index (κ3) is 5.03. The van der Waals surface area contributed by atoms with Crippen LogP contribution < -0.4 is 5.73 Å². The van der Waals surface area contributed by atoms with Gasteiger partial charge in [-0.15, -0.1) is 6.58 Å². The summed E-state index contributed by atoms with van der Waals surface area (Å²) in [6.45, 7) is 8.40. The molecule has 1 aliphatic carbocycles. The second-order valence-corrected chi connectivity index (χ2v) is 5.26. The van der Waals surface area contributed by atoms with Crippen molar-refractivity contribution in [2.75, 3.05) is 13.1 Å². The van der Waals surface area contributed by atoms with Crippen LogP contribution in [0.3, 0.4) is 0 Å². The van der Waals surface area contributed by atoms with Crippen molar-refractivity contribution in [2.24, 2.45) is 17.6 Å². The molecular weight excluding hydrogens is 252 g/mol. The zero-order chi connectivity index (χ0) is 15.0. The molecule has 1 rings (SSSR count). The van der Waals surface area contributed by atoms with Gasteiger partial charge in [0.2, 0.25) is 11.8 Å². The Kier molecular flexibility index (Phi) is 6.77. The molecule has 0 bridgehead atoms. The minimum atomic E-state index is -0.220. The van der Waals surface area contributed by atoms with Crippen molar-refractivity contribution in [3.8, 4) is 0 Å². The number of amides is 2. The Morgan fingerprint density at radius 2 is 2.05 bits per heavy atom. The van der Waals surface area contributed by atoms with E-state index in [0.717, 1.165) is 25.7 Å². The largest absolute Gasteiger partial charge is 0.369 e. The normalized spacial score (nSPS) is 22.4. The summed E-state index contributed by atoms with van der Waals surface area (Å²) in [7, 11) is 0. The molecule has 0 aromatic heterocycles. The van der Waals surface area contributed by atoms with Crippen LogP contribution in [-0.4, -0.2) is 29.8 Å². The molecule has 0 aromatic rings. The second kappa shape index (κ2) is 8.35. The zero-order valence-electron chi connectivity index (χ0n) is 12.0. The highest BCUT2D eigenvalue weighted by Crippen LogP contribution is 2.29. The van der Waals surface area contributed by atoms with Gasteiger partial charge in [0.1, 0.15) is 0 Å². The Morgan fingerprint density at radius 1 is 1.30 bits per heavy atom. The Labute approximate surface area is 121 Å². The van der Waals surface area contributed by atoms with Crippen LogP contribution >= 0.6 is 0 Å². The summed E-state index contributed by atoms with van der Waals surface area (Å²) in [5.41, 5.74) is 5.39. The Hall–Kier alpha value is -1.84. The van der Waals surface area contributed by atoms with Gasteiger partial charge >= 0.3 is 0 Å². The first-order valence-electron chi connectivity index (χ1n) is 7.06. The van der Waals surface area contributed by atoms with Crippen molar-refractivity contribution in [3.63, 3.8) is 0 Å². The summed E-state index contributed by atoms with van der Waals surface area (Å²) in [6, 6.07) is 0. The first-order chi connectivity index (χ1) is 9.58. The molecule has 4 heteroatoms. The summed E-state index contributed by atoms with van der Waals surface area (Å²) in [6.07, 6.45) is 10.1. The van der Waals surface area contributed by atoms with E-state index < -0.39 is 0 Å². The van der Waals surface area contributed by atoms with Crippen LogP contribution in [0.25, 0.3) is 0 Å². The van der Waals surface area contributed by atoms with Gasteiger partial charge in [-0.05, 0) is 25.2 Å². The average Bonchev–Trinajstić information content (AvgIpc) is 2.44. The highest BCUT2D eigenvalue weighted by atomic mass is 16.2. The zero-order valence-corrected chi connectivity index (χ0v) is 12.0. The smallest absolute Gasteiger partial charge is 0.246 e. The van der Waals surface area contributed by atoms with Gasteiger partial charge in [-0.1, -0.05) is 31.2 Å². The van der Waals surface area contributed by atoms with Crippen molar-refractivity contribution in [1.29, 1.82) is 0 Å². The fourth-order valence-electron chi connectivity index (χ4n) is 2.69. The molecule has 2 unspecified atom stereocenters. The van der Waals surface area contributed by atoms with Crippen LogP contribution in [0.2, 0.25) is 0 Å². The quantitative estimate of drug-likeness (QED) is 0.439. The maximum absolute atomic E-state index is 12.0. The lowest BCUT2D eigenvalue weighted by Crippen LogP contribution is -2.38. The lowest BCUT2D eigenvalue weighted by molar-refractivity contribution is -0.126. The van der Waals surface area contributed by atoms with E-state index in [0.29, 0.717) is 19.0 Å². The number of allylic oxidation sites excluding steroid dienone is 2. The van der Waals surface area contributed by atoms with Gasteiger partial charge in [0, 0.05) is 25.1 Å². The molecule has 0 heterocycles. The van der Waals surface area contributed by atoms with Crippen LogP contribution in [0.15, 0.2) is 37.5 Å². The number of carbonyl (C=O) groups excluding carboxylic acids is 2. The summed E-state index contributed by atoms with van der Waals surface area (Å²) >= 11 is 0. The lowest BCUT2D eigenvalue weighted by Gasteiger charge is -2.31. The molecule has 2 N–H and O–H groups in total. The van der Waals surface area contributed by atoms with Gasteiger partial charge in [-0.3, -0.25) is 9.59 Å². The van der Waals surface area contributed by atoms with Gasteiger partial charge in [-0.2, -0.15) is 0 Å². The first kappa shape index (κ1) is 16.2. The number of carbonyl (C=O) groups is 2. The summed E-state index contributed by atoms with van der Waals surface area (Å²) in [5, 5.41) is 0. The summed E-state index contributed by atoms with van der Waals surface area (Å²) in [4.78, 5) is 25.1. The molecule has 1 aliphatic rings. The number of nitrogens with zero attached hydrogens (tertiary/aromatic N) is 1. The number of nitrogens with two attached hydrogens (primary N) is 1. The maximum atomic E-state index is 12.0. The summed E-state index contributed by atoms with van der Waals surface area (Å²) in [5.74, 6) is 0.0225. The SMILES string of the molecule is C=CC=CC(=O)N(CC=C)CC1CCCC(C(N)=O)C1. The number of hydrogen-bond donors (Lipinski definition) is 1. The third-order valence-electron chi connectivity index (χ3n) is 3.70. The number of primary amides is 1. The summed E-state index contributed by atoms with van der Waals surface area (Å²) < 4.78 is 0. The van der Waals surface area contributed by atoms with Crippen molar-refractivity contribution < 1.29 is 9.59 Å². The molecule has 110 valence electrons. The predicted octanol–water partition coefficient (Wildman–Crippen LogP) is 2.03. The molecule has 4 nitrogen and oxygen atoms in total. The predicted molar refractivity (Wildman–Crippen MR) is 80.8 cm³/mol. The molecule has 0 saturated heterocycles. The molecule has 0 spiro atoms. The van der Waals surface area contributed by atoms with E-state index in [4.69, 9.17) is 5.73 Å². The van der Waals surface area contributed by atoms with E-state index in [9.17, 15) is 9.59 Å². The molecule has 0 aliphatic heterocycles. The molecule has 2 amide bonds. The fourth-order valence-corrected chi connectivity index (χ4v) is 2.69. The van der Waals surface area contributed by atoms with Crippen LogP contribution in [0.1, 0.15) is 25.7 Å². The highest BCUT2D eigenvalue weighted by Gasteiger charge is 2.27. The molecular formula is C16H24N2O2. The van der Waals surface area contributed by atoms with Crippen molar-refractivity contribution in [1.82, 2.24) is 4.90 Å². The maximum Gasteiger partial charge on any atom is 0.246 e. The number of hydrogen-bond acceptors (Lipinski definition) is 2. The van der Waals surface area contributed by atoms with E-state index in [1.807, 2.05) is 0 Å². The molecule has 2 atom stereocenters. The van der Waals surface area contributed by atoms with Crippen LogP contribution in [0.5, 0.6) is 0 Å². The number of rotatable bonds is 7. The average molecular weight is 276 g/mol. The second-order valence-electron chi connectivity index (χ2n) is 5.26. The molecule has 1 saturated carbocycles. The minimum absolute atomic E-state index is 0.0434. The first-order valence-corrected chi connectivity index (χ1v) is 7.06. The molecule has 0 radical (unpaired) electrons. The Balaban J connectivity index is 2.62. The topological polar surface area (TPSA) is 63.4 Å². The highest BCUT2D eigenvalue weighted by molar-refractivity contribution is 5.88. The monoisotopic (exact) mass is 276 g/mol. The van der Waals surface area contributed by atoms with Gasteiger partial charge in [-0.25, -0.2) is 0 Å². The van der Waals surface area contributed by atoms with E-state index in [1.54, 1.807) is 23.1 Å². The standard InChI is InChI=1S/C16H24N2O2/c1-3-5-9-15(19)18(10-4-2)12-13-7-6-8-14(11-13)16(17)20/h3-5,9,13-14H,1-2,6-8,10-12H2,(H2,17,20). The van der Waals surface area contributed by atoms with Crippen LogP contribution in [-0.2, 0) is 9.59 Å². The Morgan fingerprint density at radius 3 is 2.65 bits per heavy atom. The van der Waals surface area contributed by atoms with Gasteiger partial charge in [0.25, 0.3) is 0 Å².